The maximum atomic E-state index is 4.74. The summed E-state index contributed by atoms with van der Waals surface area (Å²) < 4.78 is 4.74. The number of aromatic nitrogens is 1. The summed E-state index contributed by atoms with van der Waals surface area (Å²) in [4.78, 5) is 3.72. The molecule has 0 aliphatic heterocycles. The van der Waals surface area contributed by atoms with Crippen molar-refractivity contribution in [1.82, 2.24) is 4.98 Å². The first-order valence-corrected chi connectivity index (χ1v) is 2.21. The first-order chi connectivity index (χ1) is 3.93. The van der Waals surface area contributed by atoms with Crippen LogP contribution in [-0.2, 0) is 0 Å². The predicted molar refractivity (Wildman–Crippen MR) is 28.5 cm³/mol. The Morgan fingerprint density at radius 1 is 1.75 bits per heavy atom. The number of nitrogens with zero attached hydrogens (tertiary/aromatic N) is 1. The molecule has 1 aromatic rings. The standard InChI is InChI=1S/C6H5NO/c1-8-6-4-2-3-5-7-6/h3-4H,1H3. The van der Waals surface area contributed by atoms with Crippen molar-refractivity contribution >= 4 is 0 Å². The van der Waals surface area contributed by atoms with Crippen LogP contribution in [0, 0.1) is 12.3 Å². The molecule has 0 spiro atoms. The molecule has 2 nitrogen and oxygen atoms in total. The van der Waals surface area contributed by atoms with Crippen molar-refractivity contribution in [3.05, 3.63) is 24.4 Å². The summed E-state index contributed by atoms with van der Waals surface area (Å²) in [6.07, 6.45) is 2.58. The van der Waals surface area contributed by atoms with Crippen LogP contribution >= 0.6 is 0 Å². The van der Waals surface area contributed by atoms with Crippen molar-refractivity contribution in [3.8, 4) is 5.88 Å². The Kier molecular flexibility index (Phi) is 1.47. The van der Waals surface area contributed by atoms with Gasteiger partial charge in [0.05, 0.1) is 13.3 Å². The zero-order valence-electron chi connectivity index (χ0n) is 4.51. The zero-order valence-corrected chi connectivity index (χ0v) is 4.51. The molecular formula is C6H5NO. The summed E-state index contributed by atoms with van der Waals surface area (Å²) in [5.41, 5.74) is 0. The molecule has 1 rings (SSSR count). The number of hydrogen-bond acceptors (Lipinski definition) is 2. The van der Waals surface area contributed by atoms with Gasteiger partial charge in [-0.15, -0.1) is 0 Å². The van der Waals surface area contributed by atoms with Crippen LogP contribution in [0.15, 0.2) is 12.1 Å². The third-order valence-electron chi connectivity index (χ3n) is 0.739. The minimum absolute atomic E-state index is 0.549. The monoisotopic (exact) mass is 107 g/mol. The molecule has 0 saturated carbocycles. The lowest BCUT2D eigenvalue weighted by atomic mass is 10.5. The summed E-state index contributed by atoms with van der Waals surface area (Å²) >= 11 is 0. The highest BCUT2D eigenvalue weighted by atomic mass is 16.5. The quantitative estimate of drug-likeness (QED) is 0.526. The highest BCUT2D eigenvalue weighted by Crippen LogP contribution is 1.98. The van der Waals surface area contributed by atoms with Crippen LogP contribution in [0.5, 0.6) is 5.88 Å². The van der Waals surface area contributed by atoms with E-state index in [2.05, 4.69) is 17.2 Å². The lowest BCUT2D eigenvalue weighted by Gasteiger charge is -1.91. The van der Waals surface area contributed by atoms with Crippen LogP contribution in [0.25, 0.3) is 0 Å². The fourth-order valence-corrected chi connectivity index (χ4v) is 0.383. The molecule has 0 aromatic carbocycles. The van der Waals surface area contributed by atoms with Crippen LogP contribution in [0.1, 0.15) is 0 Å². The second-order valence-corrected chi connectivity index (χ2v) is 1.24. The van der Waals surface area contributed by atoms with Crippen LogP contribution in [0.2, 0.25) is 0 Å². The second kappa shape index (κ2) is 2.31. The largest absolute Gasteiger partial charge is 0.481 e. The molecule has 1 aromatic heterocycles. The molecule has 0 aliphatic carbocycles. The number of hydrogen-bond donors (Lipinski definition) is 0. The predicted octanol–water partition coefficient (Wildman–Crippen LogP) is 0.691. The van der Waals surface area contributed by atoms with Crippen molar-refractivity contribution in [2.75, 3.05) is 7.11 Å². The molecule has 40 valence electrons. The summed E-state index contributed by atoms with van der Waals surface area (Å²) in [5.74, 6) is 0.549. The van der Waals surface area contributed by atoms with Gasteiger partial charge in [-0.25, -0.2) is 4.98 Å². The summed E-state index contributed by atoms with van der Waals surface area (Å²) in [6, 6.07) is 6.02. The molecule has 0 saturated heterocycles. The summed E-state index contributed by atoms with van der Waals surface area (Å²) in [6.45, 7) is 0. The van der Waals surface area contributed by atoms with E-state index in [-0.39, 0.29) is 0 Å². The van der Waals surface area contributed by atoms with Crippen molar-refractivity contribution in [2.45, 2.75) is 0 Å². The third kappa shape index (κ3) is 0.964. The molecule has 0 aliphatic rings. The van der Waals surface area contributed by atoms with Crippen molar-refractivity contribution in [1.29, 1.82) is 0 Å². The van der Waals surface area contributed by atoms with E-state index < -0.39 is 0 Å². The van der Waals surface area contributed by atoms with Gasteiger partial charge in [-0.3, -0.25) is 0 Å². The molecule has 0 fully saturated rings. The van der Waals surface area contributed by atoms with Gasteiger partial charge in [0.1, 0.15) is 0 Å². The van der Waals surface area contributed by atoms with Gasteiger partial charge < -0.3 is 4.74 Å². The smallest absolute Gasteiger partial charge is 0.214 e. The molecular weight excluding hydrogens is 102 g/mol. The van der Waals surface area contributed by atoms with E-state index in [1.165, 1.54) is 0 Å². The average molecular weight is 107 g/mol. The third-order valence-corrected chi connectivity index (χ3v) is 0.739. The Morgan fingerprint density at radius 3 is 3.00 bits per heavy atom. The minimum atomic E-state index is 0.549. The molecule has 1 heterocycles. The molecule has 8 heavy (non-hydrogen) atoms. The minimum Gasteiger partial charge on any atom is -0.481 e. The van der Waals surface area contributed by atoms with E-state index in [4.69, 9.17) is 4.74 Å². The van der Waals surface area contributed by atoms with Gasteiger partial charge in [0.25, 0.3) is 0 Å². The number of methoxy groups -OCH3 is 1. The van der Waals surface area contributed by atoms with Crippen molar-refractivity contribution < 1.29 is 4.74 Å². The van der Waals surface area contributed by atoms with E-state index >= 15 is 0 Å². The van der Waals surface area contributed by atoms with Gasteiger partial charge in [0.2, 0.25) is 5.88 Å². The molecule has 2 radical (unpaired) electrons. The average Bonchev–Trinajstić information content (AvgIpc) is 1.90. The Morgan fingerprint density at radius 2 is 2.62 bits per heavy atom. The van der Waals surface area contributed by atoms with Gasteiger partial charge >= 0.3 is 0 Å². The lowest BCUT2D eigenvalue weighted by Crippen LogP contribution is -1.83. The normalized spacial score (nSPS) is 8.62. The highest BCUT2D eigenvalue weighted by Gasteiger charge is 1.83. The highest BCUT2D eigenvalue weighted by molar-refractivity contribution is 5.06. The molecule has 0 unspecified atom stereocenters. The molecule has 2 heteroatoms. The van der Waals surface area contributed by atoms with Gasteiger partial charge in [0.15, 0.2) is 0 Å². The summed E-state index contributed by atoms with van der Waals surface area (Å²) in [7, 11) is 1.56. The van der Waals surface area contributed by atoms with E-state index in [1.54, 1.807) is 19.2 Å². The fourth-order valence-electron chi connectivity index (χ4n) is 0.383. The van der Waals surface area contributed by atoms with E-state index in [9.17, 15) is 0 Å². The molecule has 0 N–H and O–H groups in total. The number of pyridine rings is 1. The van der Waals surface area contributed by atoms with Crippen LogP contribution in [0.3, 0.4) is 0 Å². The molecule has 0 bridgehead atoms. The number of rotatable bonds is 1. The Balaban J connectivity index is 2.83. The van der Waals surface area contributed by atoms with Gasteiger partial charge in [-0.1, -0.05) is 0 Å². The van der Waals surface area contributed by atoms with E-state index in [1.807, 2.05) is 0 Å². The number of ether oxygens (including phenoxy) is 1. The molecule has 0 atom stereocenters. The second-order valence-electron chi connectivity index (χ2n) is 1.24. The Bertz CT molecular complexity index is 150. The first kappa shape index (κ1) is 5.09. The maximum absolute atomic E-state index is 4.74. The maximum Gasteiger partial charge on any atom is 0.214 e. The SMILES string of the molecule is COc1c[c]c[c]n1. The summed E-state index contributed by atoms with van der Waals surface area (Å²) in [5, 5.41) is 0. The Labute approximate surface area is 48.1 Å². The first-order valence-electron chi connectivity index (χ1n) is 2.21. The Hall–Kier alpha value is -1.05. The van der Waals surface area contributed by atoms with Crippen LogP contribution in [-0.4, -0.2) is 12.1 Å². The fraction of sp³-hybridized carbons (Fsp3) is 0.167. The molecule has 0 amide bonds. The van der Waals surface area contributed by atoms with Crippen molar-refractivity contribution in [3.63, 3.8) is 0 Å². The lowest BCUT2D eigenvalue weighted by molar-refractivity contribution is 0.397. The van der Waals surface area contributed by atoms with Gasteiger partial charge in [-0.2, -0.15) is 0 Å². The zero-order chi connectivity index (χ0) is 5.82. The van der Waals surface area contributed by atoms with Crippen LogP contribution in [0.4, 0.5) is 0 Å². The van der Waals surface area contributed by atoms with E-state index in [0.717, 1.165) is 0 Å². The van der Waals surface area contributed by atoms with Crippen LogP contribution < -0.4 is 4.74 Å². The van der Waals surface area contributed by atoms with Gasteiger partial charge in [0, 0.05) is 6.07 Å². The van der Waals surface area contributed by atoms with E-state index in [0.29, 0.717) is 5.88 Å². The van der Waals surface area contributed by atoms with Gasteiger partial charge in [-0.05, 0) is 12.1 Å². The van der Waals surface area contributed by atoms with Crippen molar-refractivity contribution in [2.24, 2.45) is 0 Å². The topological polar surface area (TPSA) is 22.1 Å².